The third-order valence-electron chi connectivity index (χ3n) is 1.90. The molecule has 0 spiro atoms. The maximum Gasteiger partial charge on any atom is 0.330 e. The molecule has 1 aliphatic rings. The maximum absolute atomic E-state index is 10.7. The number of hydrogen-bond acceptors (Lipinski definition) is 4. The smallest absolute Gasteiger partial charge is 0.330 e. The minimum atomic E-state index is -0.513. The van der Waals surface area contributed by atoms with Gasteiger partial charge in [-0.2, -0.15) is 0 Å². The van der Waals surface area contributed by atoms with Crippen LogP contribution in [-0.4, -0.2) is 31.6 Å². The normalized spacial score (nSPS) is 25.1. The highest BCUT2D eigenvalue weighted by Crippen LogP contribution is 2.22. The molecule has 1 unspecified atom stereocenters. The minimum Gasteiger partial charge on any atom is -0.466 e. The Labute approximate surface area is 89.5 Å². The van der Waals surface area contributed by atoms with Crippen molar-refractivity contribution in [1.82, 2.24) is 0 Å². The molecule has 0 aromatic rings. The van der Waals surface area contributed by atoms with Gasteiger partial charge in [-0.25, -0.2) is 4.79 Å². The fourth-order valence-electron chi connectivity index (χ4n) is 1.20. The van der Waals surface area contributed by atoms with Gasteiger partial charge in [0.15, 0.2) is 5.79 Å². The first-order valence-corrected chi connectivity index (χ1v) is 4.78. The van der Waals surface area contributed by atoms with Crippen molar-refractivity contribution >= 4 is 5.97 Å². The van der Waals surface area contributed by atoms with Crippen molar-refractivity contribution in [2.75, 3.05) is 13.7 Å². The van der Waals surface area contributed by atoms with E-state index in [2.05, 4.69) is 4.74 Å². The molecule has 84 valence electrons. The Bertz CT molecular complexity index is 278. The summed E-state index contributed by atoms with van der Waals surface area (Å²) < 4.78 is 15.3. The molecular weight excluding hydrogens is 196 g/mol. The molecule has 0 N–H and O–H groups in total. The lowest BCUT2D eigenvalue weighted by molar-refractivity contribution is -0.135. The van der Waals surface area contributed by atoms with Gasteiger partial charge in [-0.1, -0.05) is 18.2 Å². The van der Waals surface area contributed by atoms with Crippen molar-refractivity contribution in [2.24, 2.45) is 0 Å². The van der Waals surface area contributed by atoms with E-state index in [4.69, 9.17) is 9.47 Å². The summed E-state index contributed by atoms with van der Waals surface area (Å²) in [6.45, 7) is 4.27. The molecule has 1 heterocycles. The van der Waals surface area contributed by atoms with Crippen LogP contribution in [0.5, 0.6) is 0 Å². The van der Waals surface area contributed by atoms with Crippen LogP contribution in [0.1, 0.15) is 13.8 Å². The maximum atomic E-state index is 10.7. The van der Waals surface area contributed by atoms with Crippen molar-refractivity contribution in [2.45, 2.75) is 25.7 Å². The van der Waals surface area contributed by atoms with Crippen molar-refractivity contribution in [3.05, 3.63) is 24.3 Å². The molecule has 1 aliphatic heterocycles. The lowest BCUT2D eigenvalue weighted by Gasteiger charge is -2.15. The first-order chi connectivity index (χ1) is 7.03. The zero-order valence-corrected chi connectivity index (χ0v) is 9.23. The van der Waals surface area contributed by atoms with E-state index in [1.165, 1.54) is 13.2 Å². The molecule has 0 aromatic heterocycles. The van der Waals surface area contributed by atoms with Crippen LogP contribution >= 0.6 is 0 Å². The largest absolute Gasteiger partial charge is 0.466 e. The Morgan fingerprint density at radius 2 is 2.20 bits per heavy atom. The van der Waals surface area contributed by atoms with Gasteiger partial charge >= 0.3 is 5.97 Å². The van der Waals surface area contributed by atoms with E-state index in [0.717, 1.165) is 0 Å². The predicted molar refractivity (Wildman–Crippen MR) is 55.2 cm³/mol. The number of allylic oxidation sites excluding steroid dienone is 2. The van der Waals surface area contributed by atoms with E-state index in [1.54, 1.807) is 12.2 Å². The fraction of sp³-hybridized carbons (Fsp3) is 0.545. The Morgan fingerprint density at radius 1 is 1.47 bits per heavy atom. The van der Waals surface area contributed by atoms with Gasteiger partial charge in [-0.3, -0.25) is 0 Å². The number of esters is 1. The van der Waals surface area contributed by atoms with E-state index >= 15 is 0 Å². The molecule has 1 fully saturated rings. The Kier molecular flexibility index (Phi) is 4.05. The van der Waals surface area contributed by atoms with Gasteiger partial charge in [-0.05, 0) is 13.8 Å². The second-order valence-corrected chi connectivity index (χ2v) is 3.63. The number of carbonyl (C=O) groups is 1. The summed E-state index contributed by atoms with van der Waals surface area (Å²) in [6, 6.07) is 0. The molecule has 4 nitrogen and oxygen atoms in total. The second kappa shape index (κ2) is 5.09. The average Bonchev–Trinajstić information content (AvgIpc) is 2.52. The van der Waals surface area contributed by atoms with Crippen LogP contribution < -0.4 is 0 Å². The van der Waals surface area contributed by atoms with Gasteiger partial charge in [0.05, 0.1) is 13.7 Å². The van der Waals surface area contributed by atoms with Crippen LogP contribution in [0, 0.1) is 0 Å². The van der Waals surface area contributed by atoms with Gasteiger partial charge in [0.25, 0.3) is 0 Å². The lowest BCUT2D eigenvalue weighted by atomic mass is 10.3. The van der Waals surface area contributed by atoms with Gasteiger partial charge in [0.2, 0.25) is 0 Å². The van der Waals surface area contributed by atoms with E-state index in [1.807, 2.05) is 19.9 Å². The number of ether oxygens (including phenoxy) is 3. The molecule has 0 aromatic carbocycles. The Hall–Kier alpha value is -1.13. The predicted octanol–water partition coefficient (Wildman–Crippen LogP) is 1.42. The highest BCUT2D eigenvalue weighted by Gasteiger charge is 2.30. The van der Waals surface area contributed by atoms with Crippen LogP contribution in [0.25, 0.3) is 0 Å². The SMILES string of the molecule is COC(=O)/C=C/C=C/C1COC(C)(C)O1. The number of methoxy groups -OCH3 is 1. The number of carbonyl (C=O) groups excluding carboxylic acids is 1. The number of hydrogen-bond donors (Lipinski definition) is 0. The van der Waals surface area contributed by atoms with E-state index < -0.39 is 5.79 Å². The van der Waals surface area contributed by atoms with Crippen LogP contribution in [0.2, 0.25) is 0 Å². The third kappa shape index (κ3) is 4.27. The first kappa shape index (κ1) is 11.9. The van der Waals surface area contributed by atoms with Crippen molar-refractivity contribution in [3.8, 4) is 0 Å². The monoisotopic (exact) mass is 212 g/mol. The second-order valence-electron chi connectivity index (χ2n) is 3.63. The Balaban J connectivity index is 2.34. The van der Waals surface area contributed by atoms with E-state index in [0.29, 0.717) is 6.61 Å². The van der Waals surface area contributed by atoms with Crippen LogP contribution in [0.3, 0.4) is 0 Å². The molecule has 0 bridgehead atoms. The van der Waals surface area contributed by atoms with Crippen molar-refractivity contribution in [1.29, 1.82) is 0 Å². The van der Waals surface area contributed by atoms with Crippen LogP contribution in [-0.2, 0) is 19.0 Å². The topological polar surface area (TPSA) is 44.8 Å². The van der Waals surface area contributed by atoms with Gasteiger partial charge < -0.3 is 14.2 Å². The Morgan fingerprint density at radius 3 is 2.73 bits per heavy atom. The number of rotatable bonds is 3. The molecule has 0 aliphatic carbocycles. The molecular formula is C11H16O4. The van der Waals surface area contributed by atoms with Crippen molar-refractivity contribution in [3.63, 3.8) is 0 Å². The summed E-state index contributed by atoms with van der Waals surface area (Å²) in [7, 11) is 1.34. The molecule has 0 saturated carbocycles. The van der Waals surface area contributed by atoms with Crippen LogP contribution in [0.15, 0.2) is 24.3 Å². The van der Waals surface area contributed by atoms with Crippen LogP contribution in [0.4, 0.5) is 0 Å². The van der Waals surface area contributed by atoms with E-state index in [9.17, 15) is 4.79 Å². The summed E-state index contributed by atoms with van der Waals surface area (Å²) in [4.78, 5) is 10.7. The minimum absolute atomic E-state index is 0.0534. The molecule has 0 amide bonds. The van der Waals surface area contributed by atoms with Crippen molar-refractivity contribution < 1.29 is 19.0 Å². The van der Waals surface area contributed by atoms with Gasteiger partial charge in [0, 0.05) is 6.08 Å². The molecule has 1 rings (SSSR count). The summed E-state index contributed by atoms with van der Waals surface area (Å²) in [5, 5.41) is 0. The molecule has 1 atom stereocenters. The quantitative estimate of drug-likeness (QED) is 0.403. The van der Waals surface area contributed by atoms with Gasteiger partial charge in [0.1, 0.15) is 6.10 Å². The standard InChI is InChI=1S/C11H16O4/c1-11(2)14-8-9(15-11)6-4-5-7-10(12)13-3/h4-7,9H,8H2,1-3H3/b6-4+,7-5+. The zero-order chi connectivity index (χ0) is 11.3. The summed E-state index contributed by atoms with van der Waals surface area (Å²) in [6.07, 6.45) is 6.49. The summed E-state index contributed by atoms with van der Waals surface area (Å²) >= 11 is 0. The first-order valence-electron chi connectivity index (χ1n) is 4.78. The molecule has 1 saturated heterocycles. The van der Waals surface area contributed by atoms with E-state index in [-0.39, 0.29) is 12.1 Å². The fourth-order valence-corrected chi connectivity index (χ4v) is 1.20. The third-order valence-corrected chi connectivity index (χ3v) is 1.90. The van der Waals surface area contributed by atoms with Gasteiger partial charge in [-0.15, -0.1) is 0 Å². The molecule has 15 heavy (non-hydrogen) atoms. The lowest BCUT2D eigenvalue weighted by Crippen LogP contribution is -2.20. The summed E-state index contributed by atoms with van der Waals surface area (Å²) in [5.41, 5.74) is 0. The highest BCUT2D eigenvalue weighted by atomic mass is 16.7. The molecule has 4 heteroatoms. The molecule has 0 radical (unpaired) electrons. The summed E-state index contributed by atoms with van der Waals surface area (Å²) in [5.74, 6) is -0.885. The highest BCUT2D eigenvalue weighted by molar-refractivity contribution is 5.82. The average molecular weight is 212 g/mol. The zero-order valence-electron chi connectivity index (χ0n) is 9.23.